The molecule has 5 rings (SSSR count). The molecule has 0 saturated carbocycles. The van der Waals surface area contributed by atoms with Gasteiger partial charge in [-0.15, -0.1) is 11.3 Å². The van der Waals surface area contributed by atoms with Crippen LogP contribution >= 0.6 is 38.6 Å². The number of thiazole rings is 1. The predicted octanol–water partition coefficient (Wildman–Crippen LogP) is 6.36. The second-order valence-electron chi connectivity index (χ2n) is 6.99. The summed E-state index contributed by atoms with van der Waals surface area (Å²) in [4.78, 5) is 39.1. The van der Waals surface area contributed by atoms with E-state index in [2.05, 4.69) is 26.0 Å². The van der Waals surface area contributed by atoms with Gasteiger partial charge in [0.1, 0.15) is 4.92 Å². The number of carbonyl (C=O) groups is 1. The smallest absolute Gasteiger partial charge is 0.400 e. The monoisotopic (exact) mass is 571 g/mol. The zero-order valence-corrected chi connectivity index (χ0v) is 20.4. The van der Waals surface area contributed by atoms with E-state index in [1.54, 1.807) is 18.2 Å². The molecule has 3 aromatic heterocycles. The van der Waals surface area contributed by atoms with E-state index < -0.39 is 21.6 Å². The molecule has 3 heterocycles. The Morgan fingerprint density at radius 1 is 1.03 bits per heavy atom. The van der Waals surface area contributed by atoms with E-state index >= 15 is 0 Å². The number of nitro groups is 2. The molecule has 0 atom stereocenters. The Kier molecular flexibility index (Phi) is 5.84. The molecular formula is C21H10BrN5O6S2. The number of amides is 1. The molecule has 0 aliphatic rings. The number of hydrogen-bond donors (Lipinski definition) is 0. The molecule has 14 heteroatoms. The number of hydrogen-bond acceptors (Lipinski definition) is 10. The van der Waals surface area contributed by atoms with Gasteiger partial charge in [0.25, 0.3) is 11.6 Å². The number of nitro benzene ring substituents is 1. The van der Waals surface area contributed by atoms with Crippen LogP contribution in [0.3, 0.4) is 0 Å². The first-order valence-electron chi connectivity index (χ1n) is 9.65. The van der Waals surface area contributed by atoms with E-state index in [0.29, 0.717) is 15.6 Å². The molecule has 0 unspecified atom stereocenters. The van der Waals surface area contributed by atoms with Gasteiger partial charge >= 0.3 is 5.88 Å². The van der Waals surface area contributed by atoms with Gasteiger partial charge in [0.05, 0.1) is 32.3 Å². The Hall–Kier alpha value is -4.01. The number of hydrazone groups is 1. The zero-order chi connectivity index (χ0) is 24.7. The zero-order valence-electron chi connectivity index (χ0n) is 17.2. The third kappa shape index (κ3) is 4.53. The summed E-state index contributed by atoms with van der Waals surface area (Å²) in [6.07, 6.45) is 1.19. The van der Waals surface area contributed by atoms with Gasteiger partial charge in [-0.3, -0.25) is 25.0 Å². The van der Waals surface area contributed by atoms with Crippen molar-refractivity contribution < 1.29 is 19.1 Å². The number of aromatic nitrogens is 1. The summed E-state index contributed by atoms with van der Waals surface area (Å²) in [6.45, 7) is 0. The van der Waals surface area contributed by atoms with Gasteiger partial charge in [0.15, 0.2) is 5.76 Å². The fraction of sp³-hybridized carbons (Fsp3) is 0. The van der Waals surface area contributed by atoms with Crippen LogP contribution in [0.4, 0.5) is 16.7 Å². The minimum atomic E-state index is -0.679. The Morgan fingerprint density at radius 2 is 1.86 bits per heavy atom. The summed E-state index contributed by atoms with van der Waals surface area (Å²) in [5.41, 5.74) is 0.571. The van der Waals surface area contributed by atoms with E-state index in [1.807, 2.05) is 12.1 Å². The Labute approximate surface area is 211 Å². The molecule has 5 aromatic rings. The summed E-state index contributed by atoms with van der Waals surface area (Å²) in [5, 5.41) is 28.1. The maximum atomic E-state index is 13.5. The van der Waals surface area contributed by atoms with Crippen LogP contribution in [0.15, 0.2) is 68.6 Å². The highest BCUT2D eigenvalue weighted by molar-refractivity contribution is 9.10. The molecule has 174 valence electrons. The van der Waals surface area contributed by atoms with Crippen molar-refractivity contribution >= 4 is 87.7 Å². The van der Waals surface area contributed by atoms with Gasteiger partial charge in [-0.05, 0) is 36.4 Å². The quantitative estimate of drug-likeness (QED) is 0.131. The number of fused-ring (bicyclic) bond motifs is 2. The first-order valence-corrected chi connectivity index (χ1v) is 12.1. The molecule has 0 radical (unpaired) electrons. The van der Waals surface area contributed by atoms with Crippen LogP contribution in [0.2, 0.25) is 0 Å². The van der Waals surface area contributed by atoms with Crippen LogP contribution in [0.1, 0.15) is 15.4 Å². The minimum Gasteiger partial charge on any atom is -0.400 e. The van der Waals surface area contributed by atoms with Crippen molar-refractivity contribution in [2.45, 2.75) is 0 Å². The highest BCUT2D eigenvalue weighted by atomic mass is 79.9. The molecule has 0 N–H and O–H groups in total. The van der Waals surface area contributed by atoms with Crippen molar-refractivity contribution in [3.63, 3.8) is 0 Å². The Morgan fingerprint density at radius 3 is 2.60 bits per heavy atom. The van der Waals surface area contributed by atoms with Crippen molar-refractivity contribution in [3.8, 4) is 0 Å². The lowest BCUT2D eigenvalue weighted by molar-refractivity contribution is -0.402. The van der Waals surface area contributed by atoms with Gasteiger partial charge < -0.3 is 4.42 Å². The molecular weight excluding hydrogens is 562 g/mol. The van der Waals surface area contributed by atoms with Gasteiger partial charge in [-0.1, -0.05) is 27.3 Å². The van der Waals surface area contributed by atoms with E-state index in [-0.39, 0.29) is 21.5 Å². The molecule has 0 fully saturated rings. The largest absolute Gasteiger partial charge is 0.433 e. The molecule has 35 heavy (non-hydrogen) atoms. The number of thiophene rings is 1. The Balaban J connectivity index is 1.56. The van der Waals surface area contributed by atoms with Gasteiger partial charge in [0, 0.05) is 26.7 Å². The van der Waals surface area contributed by atoms with Crippen LogP contribution in [0, 0.1) is 20.2 Å². The standard InChI is InChI=1S/C21H10BrN5O6S2/c22-12-1-4-15-17(9-12)35-21(24-15)25(23-10-14-3-6-19(33-14)27(31)32)20(28)18-8-11-7-13(26(29)30)2-5-16(11)34-18/h1-10H/b23-10+. The number of halogens is 1. The maximum Gasteiger partial charge on any atom is 0.433 e. The average Bonchev–Trinajstić information content (AvgIpc) is 3.56. The number of benzene rings is 2. The third-order valence-corrected chi connectivity index (χ3v) is 7.32. The highest BCUT2D eigenvalue weighted by Gasteiger charge is 2.24. The lowest BCUT2D eigenvalue weighted by Crippen LogP contribution is -2.24. The average molecular weight is 572 g/mol. The lowest BCUT2D eigenvalue weighted by atomic mass is 10.2. The number of carbonyl (C=O) groups excluding carboxylic acids is 1. The van der Waals surface area contributed by atoms with Crippen molar-refractivity contribution in [1.82, 2.24) is 4.98 Å². The number of non-ortho nitro benzene ring substituents is 1. The predicted molar refractivity (Wildman–Crippen MR) is 136 cm³/mol. The molecule has 0 bridgehead atoms. The molecule has 0 aliphatic heterocycles. The highest BCUT2D eigenvalue weighted by Crippen LogP contribution is 2.34. The van der Waals surface area contributed by atoms with Crippen LogP contribution in [-0.4, -0.2) is 27.0 Å². The number of anilines is 1. The molecule has 0 saturated heterocycles. The van der Waals surface area contributed by atoms with E-state index in [9.17, 15) is 25.0 Å². The summed E-state index contributed by atoms with van der Waals surface area (Å²) in [7, 11) is 0. The third-order valence-electron chi connectivity index (χ3n) is 4.73. The van der Waals surface area contributed by atoms with Crippen molar-refractivity contribution in [3.05, 3.63) is 89.9 Å². The number of nitrogens with zero attached hydrogens (tertiary/aromatic N) is 5. The van der Waals surface area contributed by atoms with Crippen LogP contribution in [0.25, 0.3) is 20.3 Å². The summed E-state index contributed by atoms with van der Waals surface area (Å²) in [5.74, 6) is -0.908. The summed E-state index contributed by atoms with van der Waals surface area (Å²) < 4.78 is 7.45. The first kappa shape index (κ1) is 22.8. The van der Waals surface area contributed by atoms with Crippen molar-refractivity contribution in [1.29, 1.82) is 0 Å². The normalized spacial score (nSPS) is 11.5. The minimum absolute atomic E-state index is 0.0744. The Bertz CT molecular complexity index is 1670. The van der Waals surface area contributed by atoms with Gasteiger partial charge in [-0.2, -0.15) is 10.1 Å². The fourth-order valence-electron chi connectivity index (χ4n) is 3.14. The molecule has 0 spiro atoms. The van der Waals surface area contributed by atoms with Crippen molar-refractivity contribution in [2.24, 2.45) is 5.10 Å². The second-order valence-corrected chi connectivity index (χ2v) is 10.0. The van der Waals surface area contributed by atoms with Crippen LogP contribution in [-0.2, 0) is 0 Å². The number of furan rings is 1. The lowest BCUT2D eigenvalue weighted by Gasteiger charge is -2.12. The van der Waals surface area contributed by atoms with Crippen molar-refractivity contribution in [2.75, 3.05) is 5.01 Å². The topological polar surface area (TPSA) is 145 Å². The van der Waals surface area contributed by atoms with Gasteiger partial charge in [0.2, 0.25) is 5.13 Å². The molecule has 11 nitrogen and oxygen atoms in total. The van der Waals surface area contributed by atoms with E-state index in [4.69, 9.17) is 4.42 Å². The SMILES string of the molecule is O=C(c1cc2cc([N+](=O)[O-])ccc2s1)N(/N=C/c1ccc([N+](=O)[O-])o1)c1nc2ccc(Br)cc2s1. The molecule has 2 aromatic carbocycles. The second kappa shape index (κ2) is 8.98. The fourth-order valence-corrected chi connectivity index (χ4v) is 5.59. The van der Waals surface area contributed by atoms with Gasteiger partial charge in [-0.25, -0.2) is 4.98 Å². The maximum absolute atomic E-state index is 13.5. The van der Waals surface area contributed by atoms with Crippen LogP contribution < -0.4 is 5.01 Å². The summed E-state index contributed by atoms with van der Waals surface area (Å²) >= 11 is 5.79. The molecule has 0 aliphatic carbocycles. The molecule has 1 amide bonds. The van der Waals surface area contributed by atoms with Crippen LogP contribution in [0.5, 0.6) is 0 Å². The van der Waals surface area contributed by atoms with E-state index in [0.717, 1.165) is 25.5 Å². The first-order chi connectivity index (χ1) is 16.8. The number of rotatable bonds is 6. The van der Waals surface area contributed by atoms with E-state index in [1.165, 1.54) is 41.8 Å². The summed E-state index contributed by atoms with van der Waals surface area (Å²) in [6, 6.07) is 13.9.